The van der Waals surface area contributed by atoms with Gasteiger partial charge in [-0.1, -0.05) is 0 Å². The Labute approximate surface area is 167 Å². The second-order valence-electron chi connectivity index (χ2n) is 8.45. The molecule has 1 N–H and O–H groups in total. The number of likely N-dealkylation sites (tertiary alicyclic amines) is 1. The summed E-state index contributed by atoms with van der Waals surface area (Å²) in [7, 11) is -3.16. The Morgan fingerprint density at radius 2 is 2.07 bits per heavy atom. The Kier molecular flexibility index (Phi) is 5.07. The predicted octanol–water partition coefficient (Wildman–Crippen LogP) is 2.15. The molecular weight excluding hydrogens is 409 g/mol. The maximum Gasteiger partial charge on any atom is 0.410 e. The Balaban J connectivity index is 1.49. The molecule has 2 fully saturated rings. The third-order valence-corrected chi connectivity index (χ3v) is 8.03. The Morgan fingerprint density at radius 3 is 2.72 bits per heavy atom. The number of hydrogen-bond donors (Lipinski definition) is 1. The van der Waals surface area contributed by atoms with Crippen LogP contribution in [0.25, 0.3) is 0 Å². The van der Waals surface area contributed by atoms with Crippen molar-refractivity contribution in [2.24, 2.45) is 11.8 Å². The van der Waals surface area contributed by atoms with Gasteiger partial charge in [-0.2, -0.15) is 18.3 Å². The predicted molar refractivity (Wildman–Crippen MR) is 100 cm³/mol. The van der Waals surface area contributed by atoms with Crippen LogP contribution in [0, 0.1) is 18.8 Å². The molecule has 0 spiro atoms. The minimum Gasteiger partial charge on any atom is -0.367 e. The third-order valence-electron chi connectivity index (χ3n) is 6.26. The highest BCUT2D eigenvalue weighted by molar-refractivity contribution is 7.91. The number of rotatable bonds is 2. The van der Waals surface area contributed by atoms with Crippen LogP contribution in [0.3, 0.4) is 0 Å². The average Bonchev–Trinajstić information content (AvgIpc) is 3.20. The maximum atomic E-state index is 13.6. The monoisotopic (exact) mass is 434 g/mol. The molecule has 0 bridgehead atoms. The van der Waals surface area contributed by atoms with Gasteiger partial charge in [0.15, 0.2) is 15.9 Å². The van der Waals surface area contributed by atoms with Crippen molar-refractivity contribution >= 4 is 21.6 Å². The summed E-state index contributed by atoms with van der Waals surface area (Å²) in [5, 5.41) is 7.20. The van der Waals surface area contributed by atoms with Crippen LogP contribution >= 0.6 is 0 Å². The molecule has 11 heteroatoms. The zero-order chi connectivity index (χ0) is 21.0. The van der Waals surface area contributed by atoms with E-state index in [9.17, 15) is 26.4 Å². The number of piperidine rings is 1. The van der Waals surface area contributed by atoms with Crippen molar-refractivity contribution in [3.63, 3.8) is 0 Å². The standard InChI is InChI=1S/C18H25F3N4O3S/c1-11-7-16-22-14(8-15(18(19,20)21)25(16)23-11)12-3-2-5-24(9-12)17(26)13-4-6-29(27,28)10-13/h7,12-15,22H,2-6,8-10H2,1H3/t12-,13-,14+,15-/m1/s1. The van der Waals surface area contributed by atoms with Gasteiger partial charge in [-0.15, -0.1) is 0 Å². The van der Waals surface area contributed by atoms with E-state index < -0.39 is 34.0 Å². The highest BCUT2D eigenvalue weighted by Gasteiger charge is 2.48. The molecule has 0 radical (unpaired) electrons. The Morgan fingerprint density at radius 1 is 1.31 bits per heavy atom. The first-order valence-corrected chi connectivity index (χ1v) is 11.7. The van der Waals surface area contributed by atoms with Crippen molar-refractivity contribution in [1.82, 2.24) is 14.7 Å². The summed E-state index contributed by atoms with van der Waals surface area (Å²) in [6, 6.07) is -0.503. The van der Waals surface area contributed by atoms with E-state index in [1.807, 2.05) is 0 Å². The van der Waals surface area contributed by atoms with Crippen LogP contribution in [0.15, 0.2) is 6.07 Å². The van der Waals surface area contributed by atoms with Crippen LogP contribution < -0.4 is 5.32 Å². The van der Waals surface area contributed by atoms with Gasteiger partial charge in [0.05, 0.1) is 23.1 Å². The van der Waals surface area contributed by atoms with Gasteiger partial charge in [-0.3, -0.25) is 4.79 Å². The summed E-state index contributed by atoms with van der Waals surface area (Å²) in [5.41, 5.74) is 0.519. The van der Waals surface area contributed by atoms with Crippen molar-refractivity contribution < 1.29 is 26.4 Å². The molecule has 0 aromatic carbocycles. The molecule has 4 rings (SSSR count). The third kappa shape index (κ3) is 4.10. The van der Waals surface area contributed by atoms with Gasteiger partial charge in [0.2, 0.25) is 5.91 Å². The molecule has 0 aliphatic carbocycles. The van der Waals surface area contributed by atoms with Gasteiger partial charge < -0.3 is 10.2 Å². The second-order valence-corrected chi connectivity index (χ2v) is 10.7. The Bertz CT molecular complexity index is 899. The maximum absolute atomic E-state index is 13.6. The zero-order valence-electron chi connectivity index (χ0n) is 16.2. The number of sulfone groups is 1. The first kappa shape index (κ1) is 20.5. The topological polar surface area (TPSA) is 84.3 Å². The van der Waals surface area contributed by atoms with Crippen LogP contribution in [0.4, 0.5) is 19.0 Å². The first-order valence-electron chi connectivity index (χ1n) is 9.92. The number of carbonyl (C=O) groups excluding carboxylic acids is 1. The number of amides is 1. The number of carbonyl (C=O) groups is 1. The fraction of sp³-hybridized carbons (Fsp3) is 0.778. The lowest BCUT2D eigenvalue weighted by Gasteiger charge is -2.42. The summed E-state index contributed by atoms with van der Waals surface area (Å²) in [6.45, 7) is 2.54. The summed E-state index contributed by atoms with van der Waals surface area (Å²) in [4.78, 5) is 14.4. The summed E-state index contributed by atoms with van der Waals surface area (Å²) in [6.07, 6.45) is -2.79. The van der Waals surface area contributed by atoms with Gasteiger partial charge in [0.1, 0.15) is 5.82 Å². The SMILES string of the molecule is Cc1cc2n(n1)[C@@H](C(F)(F)F)C[C@@H]([C@@H]1CCCN(C(=O)[C@@H]3CCS(=O)(=O)C3)C1)N2. The number of alkyl halides is 3. The highest BCUT2D eigenvalue weighted by Crippen LogP contribution is 2.42. The number of anilines is 1. The molecule has 3 aliphatic heterocycles. The summed E-state index contributed by atoms with van der Waals surface area (Å²) in [5.74, 6) is -0.569. The number of nitrogens with one attached hydrogen (secondary N) is 1. The summed E-state index contributed by atoms with van der Waals surface area (Å²) >= 11 is 0. The van der Waals surface area contributed by atoms with E-state index in [0.29, 0.717) is 37.4 Å². The molecule has 4 atom stereocenters. The van der Waals surface area contributed by atoms with Crippen LogP contribution in [0.5, 0.6) is 0 Å². The summed E-state index contributed by atoms with van der Waals surface area (Å²) < 4.78 is 65.3. The normalized spacial score (nSPS) is 31.9. The largest absolute Gasteiger partial charge is 0.410 e. The van der Waals surface area contributed by atoms with Crippen LogP contribution in [-0.4, -0.2) is 65.8 Å². The van der Waals surface area contributed by atoms with Gasteiger partial charge in [0, 0.05) is 25.2 Å². The van der Waals surface area contributed by atoms with Gasteiger partial charge in [-0.05, 0) is 38.5 Å². The van der Waals surface area contributed by atoms with Gasteiger partial charge in [-0.25, -0.2) is 13.1 Å². The van der Waals surface area contributed by atoms with Crippen molar-refractivity contribution in [3.8, 4) is 0 Å². The number of halogens is 3. The molecule has 1 amide bonds. The van der Waals surface area contributed by atoms with Gasteiger partial charge in [0.25, 0.3) is 0 Å². The molecule has 2 saturated heterocycles. The minimum atomic E-state index is -4.41. The first-order chi connectivity index (χ1) is 13.5. The number of aromatic nitrogens is 2. The molecule has 1 aromatic rings. The molecule has 162 valence electrons. The fourth-order valence-corrected chi connectivity index (χ4v) is 6.55. The van der Waals surface area contributed by atoms with E-state index >= 15 is 0 Å². The lowest BCUT2D eigenvalue weighted by Crippen LogP contribution is -2.50. The molecule has 0 unspecified atom stereocenters. The Hall–Kier alpha value is -1.78. The van der Waals surface area contributed by atoms with E-state index in [1.165, 1.54) is 0 Å². The van der Waals surface area contributed by atoms with Crippen LogP contribution in [0.2, 0.25) is 0 Å². The van der Waals surface area contributed by atoms with Gasteiger partial charge >= 0.3 is 6.18 Å². The molecule has 29 heavy (non-hydrogen) atoms. The fourth-order valence-electron chi connectivity index (χ4n) is 4.82. The second kappa shape index (κ2) is 7.17. The number of nitrogens with zero attached hydrogens (tertiary/aromatic N) is 3. The highest BCUT2D eigenvalue weighted by atomic mass is 32.2. The lowest BCUT2D eigenvalue weighted by atomic mass is 9.85. The molecular formula is C18H25F3N4O3S. The zero-order valence-corrected chi connectivity index (χ0v) is 17.0. The molecule has 1 aromatic heterocycles. The van der Waals surface area contributed by atoms with Crippen molar-refractivity contribution in [2.45, 2.75) is 50.9 Å². The quantitative estimate of drug-likeness (QED) is 0.771. The van der Waals surface area contributed by atoms with Crippen LogP contribution in [0.1, 0.15) is 37.4 Å². The number of hydrogen-bond acceptors (Lipinski definition) is 5. The molecule has 7 nitrogen and oxygen atoms in total. The smallest absolute Gasteiger partial charge is 0.367 e. The minimum absolute atomic E-state index is 0.0292. The molecule has 3 aliphatic rings. The molecule has 4 heterocycles. The van der Waals surface area contributed by atoms with E-state index in [1.54, 1.807) is 17.9 Å². The lowest BCUT2D eigenvalue weighted by molar-refractivity contribution is -0.175. The van der Waals surface area contributed by atoms with Crippen molar-refractivity contribution in [2.75, 3.05) is 29.9 Å². The number of aryl methyl sites for hydroxylation is 1. The average molecular weight is 434 g/mol. The van der Waals surface area contributed by atoms with E-state index in [4.69, 9.17) is 0 Å². The molecule has 0 saturated carbocycles. The van der Waals surface area contributed by atoms with E-state index in [2.05, 4.69) is 10.4 Å². The number of fused-ring (bicyclic) bond motifs is 1. The van der Waals surface area contributed by atoms with E-state index in [0.717, 1.165) is 11.1 Å². The van der Waals surface area contributed by atoms with Crippen molar-refractivity contribution in [1.29, 1.82) is 0 Å². The van der Waals surface area contributed by atoms with Crippen molar-refractivity contribution in [3.05, 3.63) is 11.8 Å². The van der Waals surface area contributed by atoms with Crippen LogP contribution in [-0.2, 0) is 14.6 Å². The van der Waals surface area contributed by atoms with E-state index in [-0.39, 0.29) is 29.8 Å².